The van der Waals surface area contributed by atoms with E-state index in [1.54, 1.807) is 6.07 Å². The van der Waals surface area contributed by atoms with Crippen molar-refractivity contribution in [2.45, 2.75) is 12.8 Å². The van der Waals surface area contributed by atoms with E-state index in [0.717, 1.165) is 12.8 Å². The Morgan fingerprint density at radius 1 is 1.60 bits per heavy atom. The van der Waals surface area contributed by atoms with Gasteiger partial charge in [-0.25, -0.2) is 0 Å². The van der Waals surface area contributed by atoms with Crippen LogP contribution in [-0.2, 0) is 4.79 Å². The summed E-state index contributed by atoms with van der Waals surface area (Å²) < 4.78 is 0.571. The van der Waals surface area contributed by atoms with E-state index in [1.807, 2.05) is 0 Å². The molecule has 0 saturated heterocycles. The molecule has 1 heterocycles. The Bertz CT molecular complexity index is 398. The molecule has 1 aromatic rings. The van der Waals surface area contributed by atoms with Gasteiger partial charge in [0.15, 0.2) is 5.78 Å². The number of H-pyrrole nitrogens is 1. The summed E-state index contributed by atoms with van der Waals surface area (Å²) in [6.07, 6.45) is 1.93. The van der Waals surface area contributed by atoms with Crippen LogP contribution in [0.4, 0.5) is 0 Å². The summed E-state index contributed by atoms with van der Waals surface area (Å²) in [6, 6.07) is 1.57. The third kappa shape index (κ3) is 2.65. The average molecular weight is 272 g/mol. The Balaban J connectivity index is 1.84. The smallest absolute Gasteiger partial charge is 0.269 e. The predicted molar refractivity (Wildman–Crippen MR) is 56.4 cm³/mol. The van der Waals surface area contributed by atoms with Crippen molar-refractivity contribution < 1.29 is 9.59 Å². The van der Waals surface area contributed by atoms with Crippen molar-refractivity contribution in [3.8, 4) is 0 Å². The molecule has 1 saturated carbocycles. The van der Waals surface area contributed by atoms with Crippen LogP contribution < -0.4 is 5.32 Å². The molecule has 1 aliphatic rings. The Morgan fingerprint density at radius 2 is 2.33 bits per heavy atom. The molecule has 1 fully saturated rings. The Hall–Kier alpha value is -1.17. The van der Waals surface area contributed by atoms with Gasteiger partial charge in [-0.3, -0.25) is 14.7 Å². The normalized spacial score (nSPS) is 15.0. The predicted octanol–water partition coefficient (Wildman–Crippen LogP) is 0.881. The quantitative estimate of drug-likeness (QED) is 0.854. The maximum Gasteiger partial charge on any atom is 0.269 e. The lowest BCUT2D eigenvalue weighted by atomic mass is 10.2. The number of nitrogens with one attached hydrogen (secondary N) is 2. The highest BCUT2D eigenvalue weighted by molar-refractivity contribution is 9.10. The summed E-state index contributed by atoms with van der Waals surface area (Å²) in [7, 11) is 0. The van der Waals surface area contributed by atoms with E-state index in [4.69, 9.17) is 0 Å². The maximum atomic E-state index is 11.5. The molecular formula is C9H10BrN3O2. The van der Waals surface area contributed by atoms with Gasteiger partial charge < -0.3 is 5.32 Å². The molecule has 0 spiro atoms. The van der Waals surface area contributed by atoms with Gasteiger partial charge in [0.2, 0.25) is 0 Å². The summed E-state index contributed by atoms with van der Waals surface area (Å²) in [5.41, 5.74) is 0.352. The van der Waals surface area contributed by atoms with Crippen LogP contribution in [0, 0.1) is 5.92 Å². The Kier molecular flexibility index (Phi) is 2.86. The molecule has 5 nitrogen and oxygen atoms in total. The summed E-state index contributed by atoms with van der Waals surface area (Å²) in [4.78, 5) is 22.7. The number of carbonyl (C=O) groups excluding carboxylic acids is 2. The minimum Gasteiger partial charge on any atom is -0.344 e. The highest BCUT2D eigenvalue weighted by Crippen LogP contribution is 2.29. The fourth-order valence-electron chi connectivity index (χ4n) is 1.23. The van der Waals surface area contributed by atoms with Crippen LogP contribution in [0.2, 0.25) is 0 Å². The van der Waals surface area contributed by atoms with E-state index >= 15 is 0 Å². The SMILES string of the molecule is O=C(NCC(=O)C1CC1)c1cc(Br)n[nH]1. The van der Waals surface area contributed by atoms with Gasteiger partial charge in [0, 0.05) is 12.0 Å². The number of nitrogens with zero attached hydrogens (tertiary/aromatic N) is 1. The number of amides is 1. The number of carbonyl (C=O) groups is 2. The minimum absolute atomic E-state index is 0.111. The molecule has 0 aromatic carbocycles. The number of hydrogen-bond acceptors (Lipinski definition) is 3. The molecule has 0 unspecified atom stereocenters. The highest BCUT2D eigenvalue weighted by Gasteiger charge is 2.29. The number of halogens is 1. The molecule has 0 bridgehead atoms. The third-order valence-electron chi connectivity index (χ3n) is 2.25. The van der Waals surface area contributed by atoms with E-state index < -0.39 is 0 Å². The molecule has 80 valence electrons. The van der Waals surface area contributed by atoms with Crippen molar-refractivity contribution in [1.82, 2.24) is 15.5 Å². The van der Waals surface area contributed by atoms with Crippen LogP contribution in [0.3, 0.4) is 0 Å². The monoisotopic (exact) mass is 271 g/mol. The molecule has 6 heteroatoms. The molecule has 0 aliphatic heterocycles. The van der Waals surface area contributed by atoms with E-state index in [-0.39, 0.29) is 24.2 Å². The van der Waals surface area contributed by atoms with E-state index in [2.05, 4.69) is 31.4 Å². The van der Waals surface area contributed by atoms with Crippen molar-refractivity contribution in [3.63, 3.8) is 0 Å². The molecule has 0 atom stereocenters. The average Bonchev–Trinajstić information content (AvgIpc) is 2.97. The lowest BCUT2D eigenvalue weighted by molar-refractivity contribution is -0.119. The summed E-state index contributed by atoms with van der Waals surface area (Å²) in [6.45, 7) is 0.111. The van der Waals surface area contributed by atoms with Gasteiger partial charge in [-0.2, -0.15) is 5.10 Å². The summed E-state index contributed by atoms with van der Waals surface area (Å²) in [5, 5.41) is 8.86. The van der Waals surface area contributed by atoms with Gasteiger partial charge in [0.05, 0.1) is 6.54 Å². The van der Waals surface area contributed by atoms with Crippen LogP contribution in [0.5, 0.6) is 0 Å². The Morgan fingerprint density at radius 3 is 2.87 bits per heavy atom. The number of aromatic amines is 1. The van der Waals surface area contributed by atoms with E-state index in [9.17, 15) is 9.59 Å². The number of aromatic nitrogens is 2. The summed E-state index contributed by atoms with van der Waals surface area (Å²) in [5.74, 6) is -0.0112. The first-order chi connectivity index (χ1) is 7.16. The van der Waals surface area contributed by atoms with Gasteiger partial charge in [-0.05, 0) is 28.8 Å². The number of Topliss-reactive ketones (excluding diaryl/α,β-unsaturated/α-hetero) is 1. The zero-order valence-corrected chi connectivity index (χ0v) is 9.50. The first kappa shape index (κ1) is 10.4. The van der Waals surface area contributed by atoms with Crippen molar-refractivity contribution >= 4 is 27.6 Å². The van der Waals surface area contributed by atoms with Crippen molar-refractivity contribution in [3.05, 3.63) is 16.4 Å². The summed E-state index contributed by atoms with van der Waals surface area (Å²) >= 11 is 3.12. The number of rotatable bonds is 4. The number of hydrogen-bond donors (Lipinski definition) is 2. The second kappa shape index (κ2) is 4.14. The standard InChI is InChI=1S/C9H10BrN3O2/c10-8-3-6(12-13-8)9(15)11-4-7(14)5-1-2-5/h3,5H,1-2,4H2,(H,11,15)(H,12,13). The second-order valence-corrected chi connectivity index (χ2v) is 4.34. The van der Waals surface area contributed by atoms with Gasteiger partial charge in [-0.15, -0.1) is 0 Å². The molecule has 2 rings (SSSR count). The van der Waals surface area contributed by atoms with Gasteiger partial charge >= 0.3 is 0 Å². The lowest BCUT2D eigenvalue weighted by Gasteiger charge is -2.00. The van der Waals surface area contributed by atoms with Crippen LogP contribution in [-0.4, -0.2) is 28.4 Å². The first-order valence-corrected chi connectivity index (χ1v) is 5.48. The fraction of sp³-hybridized carbons (Fsp3) is 0.444. The Labute approximate surface area is 94.8 Å². The van der Waals surface area contributed by atoms with Crippen molar-refractivity contribution in [2.24, 2.45) is 5.92 Å². The van der Waals surface area contributed by atoms with Crippen molar-refractivity contribution in [2.75, 3.05) is 6.54 Å². The zero-order chi connectivity index (χ0) is 10.8. The van der Waals surface area contributed by atoms with Crippen LogP contribution in [0.15, 0.2) is 10.7 Å². The van der Waals surface area contributed by atoms with Gasteiger partial charge in [-0.1, -0.05) is 0 Å². The molecular weight excluding hydrogens is 262 g/mol. The topological polar surface area (TPSA) is 74.8 Å². The molecule has 2 N–H and O–H groups in total. The molecule has 1 amide bonds. The van der Waals surface area contributed by atoms with Crippen molar-refractivity contribution in [1.29, 1.82) is 0 Å². The molecule has 1 aliphatic carbocycles. The molecule has 0 radical (unpaired) electrons. The maximum absolute atomic E-state index is 11.5. The third-order valence-corrected chi connectivity index (χ3v) is 2.65. The van der Waals surface area contributed by atoms with Gasteiger partial charge in [0.25, 0.3) is 5.91 Å². The largest absolute Gasteiger partial charge is 0.344 e. The highest BCUT2D eigenvalue weighted by atomic mass is 79.9. The second-order valence-electron chi connectivity index (χ2n) is 3.53. The van der Waals surface area contributed by atoms with Gasteiger partial charge in [0.1, 0.15) is 10.3 Å². The molecule has 15 heavy (non-hydrogen) atoms. The van der Waals surface area contributed by atoms with E-state index in [1.165, 1.54) is 0 Å². The fourth-order valence-corrected chi connectivity index (χ4v) is 1.54. The van der Waals surface area contributed by atoms with Crippen LogP contribution in [0.1, 0.15) is 23.3 Å². The first-order valence-electron chi connectivity index (χ1n) is 4.68. The van der Waals surface area contributed by atoms with E-state index in [0.29, 0.717) is 10.3 Å². The lowest BCUT2D eigenvalue weighted by Crippen LogP contribution is -2.30. The minimum atomic E-state index is -0.304. The molecule has 1 aromatic heterocycles. The number of ketones is 1. The van der Waals surface area contributed by atoms with Crippen LogP contribution in [0.25, 0.3) is 0 Å². The van der Waals surface area contributed by atoms with Crippen LogP contribution >= 0.6 is 15.9 Å². The zero-order valence-electron chi connectivity index (χ0n) is 7.92.